The van der Waals surface area contributed by atoms with E-state index < -0.39 is 7.60 Å². The summed E-state index contributed by atoms with van der Waals surface area (Å²) in [6.07, 6.45) is 0. The molecule has 1 atom stereocenters. The van der Waals surface area contributed by atoms with Crippen molar-refractivity contribution in [3.05, 3.63) is 95.6 Å². The van der Waals surface area contributed by atoms with E-state index in [0.717, 1.165) is 11.5 Å². The molecule has 0 spiro atoms. The Bertz CT molecular complexity index is 1040. The lowest BCUT2D eigenvalue weighted by Crippen LogP contribution is -2.11. The predicted molar refractivity (Wildman–Crippen MR) is 132 cm³/mol. The topological polar surface area (TPSA) is 63.6 Å². The molecule has 170 valence electrons. The molecule has 3 aromatic carbocycles. The van der Waals surface area contributed by atoms with Crippen molar-refractivity contribution < 1.29 is 18.8 Å². The van der Waals surface area contributed by atoms with Crippen LogP contribution in [0, 0.1) is 5.92 Å². The van der Waals surface area contributed by atoms with Gasteiger partial charge in [-0.1, -0.05) is 84.0 Å². The largest absolute Gasteiger partial charge is 0.421 e. The summed E-state index contributed by atoms with van der Waals surface area (Å²) in [5.74, 6) is 0.955. The van der Waals surface area contributed by atoms with Crippen LogP contribution in [0.15, 0.2) is 78.9 Å². The molecule has 1 unspecified atom stereocenters. The van der Waals surface area contributed by atoms with E-state index in [1.54, 1.807) is 42.5 Å². The van der Waals surface area contributed by atoms with Crippen LogP contribution in [-0.2, 0) is 9.98 Å². The fraction of sp³-hybridized carbons (Fsp3) is 0.296. The van der Waals surface area contributed by atoms with Crippen molar-refractivity contribution in [2.45, 2.75) is 47.0 Å². The van der Waals surface area contributed by atoms with Gasteiger partial charge < -0.3 is 9.42 Å². The number of benzene rings is 3. The summed E-state index contributed by atoms with van der Waals surface area (Å²) in [7, 11) is -3.97. The lowest BCUT2D eigenvalue weighted by Gasteiger charge is -2.19. The average Bonchev–Trinajstić information content (AvgIpc) is 2.73. The highest BCUT2D eigenvalue weighted by atomic mass is 31.2. The molecule has 5 heteroatoms. The third-order valence-electron chi connectivity index (χ3n) is 4.44. The van der Waals surface area contributed by atoms with Gasteiger partial charge in [0.15, 0.2) is 5.78 Å². The van der Waals surface area contributed by atoms with E-state index in [1.807, 2.05) is 24.3 Å². The SMILES string of the molecule is CC(C)(C)c1ccc(C(=O)c2ccc(OP(=O)(O)c3ccccc3)cc2)cc1.CC(C)C. The molecule has 32 heavy (non-hydrogen) atoms. The lowest BCUT2D eigenvalue weighted by atomic mass is 9.86. The zero-order valence-corrected chi connectivity index (χ0v) is 20.6. The van der Waals surface area contributed by atoms with Gasteiger partial charge in [-0.05, 0) is 53.3 Å². The molecule has 0 amide bonds. The Morgan fingerprint density at radius 2 is 1.25 bits per heavy atom. The molecule has 3 rings (SSSR count). The number of ketones is 1. The first-order chi connectivity index (χ1) is 14.9. The Labute approximate surface area is 191 Å². The van der Waals surface area contributed by atoms with Crippen molar-refractivity contribution in [1.29, 1.82) is 0 Å². The van der Waals surface area contributed by atoms with E-state index in [1.165, 1.54) is 12.1 Å². The van der Waals surface area contributed by atoms with Gasteiger partial charge in [0, 0.05) is 11.1 Å². The summed E-state index contributed by atoms with van der Waals surface area (Å²) < 4.78 is 17.7. The van der Waals surface area contributed by atoms with Crippen molar-refractivity contribution >= 4 is 18.7 Å². The van der Waals surface area contributed by atoms with Crippen LogP contribution in [0.3, 0.4) is 0 Å². The molecule has 0 saturated carbocycles. The molecule has 0 aliphatic carbocycles. The van der Waals surface area contributed by atoms with Crippen LogP contribution in [0.25, 0.3) is 0 Å². The molecule has 0 aliphatic heterocycles. The molecule has 0 saturated heterocycles. The van der Waals surface area contributed by atoms with E-state index in [0.29, 0.717) is 11.1 Å². The molecule has 0 aromatic heterocycles. The van der Waals surface area contributed by atoms with Crippen molar-refractivity contribution in [2.75, 3.05) is 0 Å². The second kappa shape index (κ2) is 10.8. The number of carbonyl (C=O) groups excluding carboxylic acids is 1. The van der Waals surface area contributed by atoms with Crippen LogP contribution in [0.2, 0.25) is 0 Å². The summed E-state index contributed by atoms with van der Waals surface area (Å²) in [5.41, 5.74) is 2.27. The van der Waals surface area contributed by atoms with Gasteiger partial charge in [-0.15, -0.1) is 0 Å². The Morgan fingerprint density at radius 1 is 0.812 bits per heavy atom. The third kappa shape index (κ3) is 7.47. The quantitative estimate of drug-likeness (QED) is 0.343. The highest BCUT2D eigenvalue weighted by Crippen LogP contribution is 2.41. The van der Waals surface area contributed by atoms with Crippen LogP contribution in [0.4, 0.5) is 0 Å². The molecule has 1 N–H and O–H groups in total. The number of hydrogen-bond donors (Lipinski definition) is 1. The Kier molecular flexibility index (Phi) is 8.60. The van der Waals surface area contributed by atoms with E-state index in [-0.39, 0.29) is 22.3 Å². The van der Waals surface area contributed by atoms with Gasteiger partial charge in [-0.2, -0.15) is 0 Å². The molecular weight excluding hydrogens is 419 g/mol. The third-order valence-corrected chi connectivity index (χ3v) is 5.85. The maximum absolute atomic E-state index is 12.7. The summed E-state index contributed by atoms with van der Waals surface area (Å²) in [4.78, 5) is 22.8. The van der Waals surface area contributed by atoms with Gasteiger partial charge in [0.1, 0.15) is 5.75 Å². The highest BCUT2D eigenvalue weighted by Gasteiger charge is 2.24. The number of carbonyl (C=O) groups is 1. The highest BCUT2D eigenvalue weighted by molar-refractivity contribution is 7.61. The maximum atomic E-state index is 12.7. The van der Waals surface area contributed by atoms with Gasteiger partial charge in [-0.3, -0.25) is 4.79 Å². The van der Waals surface area contributed by atoms with Crippen LogP contribution in [0.5, 0.6) is 5.75 Å². The zero-order valence-electron chi connectivity index (χ0n) is 19.7. The van der Waals surface area contributed by atoms with Gasteiger partial charge in [0.2, 0.25) is 0 Å². The fourth-order valence-corrected chi connectivity index (χ4v) is 3.83. The first-order valence-electron chi connectivity index (χ1n) is 10.7. The second-order valence-corrected chi connectivity index (χ2v) is 11.1. The Hall–Kier alpha value is -2.68. The van der Waals surface area contributed by atoms with Crippen LogP contribution in [0.1, 0.15) is 63.0 Å². The molecule has 0 aliphatic rings. The van der Waals surface area contributed by atoms with Crippen molar-refractivity contribution in [3.8, 4) is 5.75 Å². The van der Waals surface area contributed by atoms with Gasteiger partial charge >= 0.3 is 7.60 Å². The minimum atomic E-state index is -3.97. The summed E-state index contributed by atoms with van der Waals surface area (Å²) in [6, 6.07) is 22.0. The molecule has 0 bridgehead atoms. The van der Waals surface area contributed by atoms with Crippen LogP contribution < -0.4 is 9.83 Å². The maximum Gasteiger partial charge on any atom is 0.408 e. The van der Waals surface area contributed by atoms with Gasteiger partial charge in [0.05, 0.1) is 5.30 Å². The predicted octanol–water partition coefficient (Wildman–Crippen LogP) is 6.77. The van der Waals surface area contributed by atoms with E-state index in [9.17, 15) is 14.3 Å². The van der Waals surface area contributed by atoms with Crippen LogP contribution in [-0.4, -0.2) is 10.7 Å². The fourth-order valence-electron chi connectivity index (χ4n) is 2.77. The minimum absolute atomic E-state index is 0.0253. The monoisotopic (exact) mass is 452 g/mol. The minimum Gasteiger partial charge on any atom is -0.421 e. The Balaban J connectivity index is 0.000000837. The second-order valence-electron chi connectivity index (χ2n) is 9.36. The number of rotatable bonds is 5. The van der Waals surface area contributed by atoms with Gasteiger partial charge in [0.25, 0.3) is 0 Å². The molecule has 0 heterocycles. The average molecular weight is 453 g/mol. The number of hydrogen-bond acceptors (Lipinski definition) is 3. The van der Waals surface area contributed by atoms with E-state index in [4.69, 9.17) is 4.52 Å². The standard InChI is InChI=1S/C23H23O4P.C4H10/c1-23(2,3)19-13-9-17(10-14-19)22(24)18-11-15-20(16-12-18)27-28(25,26)21-7-5-4-6-8-21;1-4(2)3/h4-16H,1-3H3,(H,25,26);4H,1-3H3. The Morgan fingerprint density at radius 3 is 1.69 bits per heavy atom. The van der Waals surface area contributed by atoms with Crippen molar-refractivity contribution in [2.24, 2.45) is 5.92 Å². The van der Waals surface area contributed by atoms with Crippen LogP contribution >= 0.6 is 7.60 Å². The summed E-state index contributed by atoms with van der Waals surface area (Å²) in [6.45, 7) is 12.9. The smallest absolute Gasteiger partial charge is 0.408 e. The lowest BCUT2D eigenvalue weighted by molar-refractivity contribution is 0.103. The molecule has 0 radical (unpaired) electrons. The van der Waals surface area contributed by atoms with E-state index >= 15 is 0 Å². The molecule has 3 aromatic rings. The molecular formula is C27H33O4P. The first-order valence-corrected chi connectivity index (χ1v) is 12.3. The normalized spacial score (nSPS) is 13.0. The van der Waals surface area contributed by atoms with Crippen molar-refractivity contribution in [3.63, 3.8) is 0 Å². The summed E-state index contributed by atoms with van der Waals surface area (Å²) >= 11 is 0. The summed E-state index contributed by atoms with van der Waals surface area (Å²) in [5, 5.41) is 0.217. The van der Waals surface area contributed by atoms with Crippen molar-refractivity contribution in [1.82, 2.24) is 0 Å². The zero-order chi connectivity index (χ0) is 23.9. The van der Waals surface area contributed by atoms with Gasteiger partial charge in [-0.25, -0.2) is 4.57 Å². The van der Waals surface area contributed by atoms with E-state index in [2.05, 4.69) is 41.5 Å². The molecule has 4 nitrogen and oxygen atoms in total. The molecule has 0 fully saturated rings. The first kappa shape index (κ1) is 25.6.